The number of nitrogens with one attached hydrogen (secondary N) is 3. The molecule has 0 fully saturated rings. The van der Waals surface area contributed by atoms with Crippen LogP contribution in [0.4, 0.5) is 22.1 Å². The van der Waals surface area contributed by atoms with Crippen molar-refractivity contribution < 1.29 is 28.2 Å². The largest absolute Gasteiger partial charge is 0.495 e. The summed E-state index contributed by atoms with van der Waals surface area (Å²) in [4.78, 5) is 32.4. The van der Waals surface area contributed by atoms with Crippen molar-refractivity contribution in [2.45, 2.75) is 12.5 Å². The van der Waals surface area contributed by atoms with Gasteiger partial charge in [0, 0.05) is 12.1 Å². The van der Waals surface area contributed by atoms with Crippen LogP contribution in [-0.4, -0.2) is 49.0 Å². The summed E-state index contributed by atoms with van der Waals surface area (Å²) in [6.07, 6.45) is -0.0183. The van der Waals surface area contributed by atoms with Gasteiger partial charge in [0.25, 0.3) is 11.3 Å². The second kappa shape index (κ2) is 12.5. The molecule has 0 saturated heterocycles. The molecule has 0 aliphatic carbocycles. The van der Waals surface area contributed by atoms with E-state index in [0.29, 0.717) is 28.3 Å². The van der Waals surface area contributed by atoms with Crippen LogP contribution in [0.2, 0.25) is 0 Å². The lowest BCUT2D eigenvalue weighted by Gasteiger charge is -2.28. The van der Waals surface area contributed by atoms with E-state index in [4.69, 9.17) is 4.74 Å². The molecule has 2 unspecified atom stereocenters. The second-order valence-corrected chi connectivity index (χ2v) is 10.1. The third-order valence-electron chi connectivity index (χ3n) is 6.50. The Bertz CT molecular complexity index is 1730. The monoisotopic (exact) mass is 585 g/mol. The number of carbonyl (C=O) groups is 2. The molecule has 0 radical (unpaired) electrons. The number of carboxylic acids is 1. The number of para-hydroxylation sites is 2. The minimum absolute atomic E-state index is 0.0183. The third-order valence-corrected chi connectivity index (χ3v) is 7.29. The van der Waals surface area contributed by atoms with Gasteiger partial charge in [0.15, 0.2) is 0 Å². The summed E-state index contributed by atoms with van der Waals surface area (Å²) in [5.74, 6) is -0.749. The van der Waals surface area contributed by atoms with Gasteiger partial charge in [0.1, 0.15) is 11.8 Å². The van der Waals surface area contributed by atoms with Gasteiger partial charge in [-0.05, 0) is 53.1 Å². The minimum Gasteiger partial charge on any atom is -0.495 e. The molecule has 1 aromatic heterocycles. The van der Waals surface area contributed by atoms with Crippen LogP contribution in [0.15, 0.2) is 97.1 Å². The Balaban J connectivity index is 1.41. The lowest BCUT2D eigenvalue weighted by molar-refractivity contribution is -0.138. The van der Waals surface area contributed by atoms with Gasteiger partial charge in [-0.2, -0.15) is 0 Å². The maximum absolute atomic E-state index is 12.7. The van der Waals surface area contributed by atoms with Crippen LogP contribution in [-0.2, 0) is 22.5 Å². The molecule has 4 aromatic carbocycles. The lowest BCUT2D eigenvalue weighted by atomic mass is 10.0. The van der Waals surface area contributed by atoms with Crippen LogP contribution in [0.1, 0.15) is 5.56 Å². The molecule has 2 atom stereocenters. The highest BCUT2D eigenvalue weighted by atomic mass is 32.2. The van der Waals surface area contributed by atoms with Gasteiger partial charge < -0.3 is 20.1 Å². The maximum atomic E-state index is 12.7. The number of aromatic nitrogens is 2. The molecular formula is C30H27N5O6S. The zero-order valence-electron chi connectivity index (χ0n) is 22.4. The van der Waals surface area contributed by atoms with Crippen LogP contribution >= 0.6 is 0 Å². The molecule has 5 aromatic rings. The number of nitrogens with zero attached hydrogens (tertiary/aromatic N) is 2. The van der Waals surface area contributed by atoms with Gasteiger partial charge in [-0.25, -0.2) is 18.8 Å². The number of aromatic amines is 1. The molecule has 1 heterocycles. The number of urea groups is 1. The molecule has 0 aliphatic rings. The van der Waals surface area contributed by atoms with E-state index in [9.17, 15) is 23.5 Å². The normalized spacial score (nSPS) is 12.3. The zero-order valence-corrected chi connectivity index (χ0v) is 23.2. The number of H-pyrrole nitrogens is 1. The average Bonchev–Trinajstić information content (AvgIpc) is 3.39. The average molecular weight is 586 g/mol. The molecule has 0 saturated carbocycles. The number of hydrogen-bond donors (Lipinski definition) is 5. The smallest absolute Gasteiger partial charge is 0.327 e. The number of imidazole rings is 1. The molecular weight excluding hydrogens is 558 g/mol. The Labute approximate surface area is 243 Å². The van der Waals surface area contributed by atoms with Crippen molar-refractivity contribution in [3.63, 3.8) is 0 Å². The maximum Gasteiger partial charge on any atom is 0.327 e. The molecule has 2 amide bonds. The zero-order chi connectivity index (χ0) is 29.6. The Hall–Kier alpha value is -5.20. The highest BCUT2D eigenvalue weighted by Crippen LogP contribution is 2.36. The summed E-state index contributed by atoms with van der Waals surface area (Å²) in [7, 11) is 1.40. The summed E-state index contributed by atoms with van der Waals surface area (Å²) < 4.78 is 29.2. The number of benzene rings is 4. The predicted molar refractivity (Wildman–Crippen MR) is 162 cm³/mol. The van der Waals surface area contributed by atoms with Crippen LogP contribution < -0.4 is 19.7 Å². The van der Waals surface area contributed by atoms with Crippen LogP contribution in [0, 0.1) is 0 Å². The number of rotatable bonds is 10. The summed E-state index contributed by atoms with van der Waals surface area (Å²) in [6.45, 7) is 0. The van der Waals surface area contributed by atoms with E-state index in [1.54, 1.807) is 72.8 Å². The highest BCUT2D eigenvalue weighted by Gasteiger charge is 2.32. The van der Waals surface area contributed by atoms with E-state index >= 15 is 0 Å². The lowest BCUT2D eigenvalue weighted by Crippen LogP contribution is -2.44. The van der Waals surface area contributed by atoms with E-state index in [1.807, 2.05) is 24.3 Å². The predicted octanol–water partition coefficient (Wildman–Crippen LogP) is 5.52. The van der Waals surface area contributed by atoms with E-state index < -0.39 is 29.3 Å². The van der Waals surface area contributed by atoms with E-state index in [-0.39, 0.29) is 17.9 Å². The molecule has 214 valence electrons. The van der Waals surface area contributed by atoms with Gasteiger partial charge in [0.2, 0.25) is 5.95 Å². The molecule has 0 bridgehead atoms. The van der Waals surface area contributed by atoms with Crippen LogP contribution in [0.3, 0.4) is 0 Å². The first kappa shape index (κ1) is 28.3. The highest BCUT2D eigenvalue weighted by molar-refractivity contribution is 7.80. The van der Waals surface area contributed by atoms with Gasteiger partial charge in [-0.1, -0.05) is 60.7 Å². The number of fused-ring (bicyclic) bond motifs is 1. The second-order valence-electron chi connectivity index (χ2n) is 9.25. The number of hydrogen-bond acceptors (Lipinski definition) is 5. The third kappa shape index (κ3) is 6.40. The molecule has 11 nitrogen and oxygen atoms in total. The van der Waals surface area contributed by atoms with Gasteiger partial charge >= 0.3 is 12.0 Å². The van der Waals surface area contributed by atoms with Crippen molar-refractivity contribution in [1.82, 2.24) is 9.97 Å². The van der Waals surface area contributed by atoms with Crippen molar-refractivity contribution in [1.29, 1.82) is 0 Å². The van der Waals surface area contributed by atoms with Crippen molar-refractivity contribution in [2.24, 2.45) is 0 Å². The number of aliphatic carboxylic acids is 1. The summed E-state index contributed by atoms with van der Waals surface area (Å²) >= 11 is -2.69. The number of carbonyl (C=O) groups excluding carboxylic acids is 1. The van der Waals surface area contributed by atoms with Crippen molar-refractivity contribution in [3.8, 4) is 16.9 Å². The number of methoxy groups -OCH3 is 1. The fourth-order valence-corrected chi connectivity index (χ4v) is 5.26. The van der Waals surface area contributed by atoms with E-state index in [2.05, 4.69) is 20.6 Å². The molecule has 5 N–H and O–H groups in total. The number of anilines is 3. The summed E-state index contributed by atoms with van der Waals surface area (Å²) in [6, 6.07) is 26.3. The SMILES string of the molecule is COc1ccc(-c2cccc(NC(=O)Nc3nc4ccccc4[nH]3)c2)cc1N(C(Cc1ccccc1)C(=O)O)S(=O)O. The Morgan fingerprint density at radius 2 is 1.69 bits per heavy atom. The van der Waals surface area contributed by atoms with Crippen LogP contribution in [0.5, 0.6) is 5.75 Å². The van der Waals surface area contributed by atoms with Crippen molar-refractivity contribution in [3.05, 3.63) is 103 Å². The first-order chi connectivity index (χ1) is 20.3. The Morgan fingerprint density at radius 3 is 2.40 bits per heavy atom. The Kier molecular flexibility index (Phi) is 8.46. The summed E-state index contributed by atoms with van der Waals surface area (Å²) in [5, 5.41) is 15.5. The Morgan fingerprint density at radius 1 is 0.952 bits per heavy atom. The van der Waals surface area contributed by atoms with E-state index in [0.717, 1.165) is 15.3 Å². The molecule has 0 spiro atoms. The number of carboxylic acid groups (broad SMARTS) is 1. The minimum atomic E-state index is -2.69. The first-order valence-corrected chi connectivity index (χ1v) is 13.9. The van der Waals surface area contributed by atoms with Gasteiger partial charge in [0.05, 0.1) is 23.8 Å². The number of ether oxygens (including phenoxy) is 1. The standard InChI is InChI=1S/C30H27N5O6S/c1-41-27-15-14-21(18-25(27)35(42(39)40)26(28(36)37)16-19-8-3-2-4-9-19)20-10-7-11-22(17-20)31-30(38)34-29-32-23-12-5-6-13-24(23)33-29/h2-15,17-18,26H,16H2,1H3,(H,36,37)(H,39,40)(H3,31,32,33,34,38). The van der Waals surface area contributed by atoms with Gasteiger partial charge in [-0.15, -0.1) is 0 Å². The molecule has 0 aliphatic heterocycles. The topological polar surface area (TPSA) is 157 Å². The summed E-state index contributed by atoms with van der Waals surface area (Å²) in [5.41, 5.74) is 4.07. The number of amides is 2. The van der Waals surface area contributed by atoms with Crippen molar-refractivity contribution in [2.75, 3.05) is 22.0 Å². The molecule has 12 heteroatoms. The molecule has 5 rings (SSSR count). The van der Waals surface area contributed by atoms with Crippen molar-refractivity contribution >= 4 is 51.6 Å². The first-order valence-electron chi connectivity index (χ1n) is 12.8. The quantitative estimate of drug-likeness (QED) is 0.135. The fraction of sp³-hybridized carbons (Fsp3) is 0.100. The van der Waals surface area contributed by atoms with E-state index in [1.165, 1.54) is 7.11 Å². The van der Waals surface area contributed by atoms with Gasteiger partial charge in [-0.3, -0.25) is 14.2 Å². The van der Waals surface area contributed by atoms with Crippen LogP contribution in [0.25, 0.3) is 22.2 Å². The molecule has 42 heavy (non-hydrogen) atoms. The fourth-order valence-electron chi connectivity index (χ4n) is 4.57.